The average Bonchev–Trinajstić information content (AvgIpc) is 2.45. The molecular formula is C18H30N4O2S. The summed E-state index contributed by atoms with van der Waals surface area (Å²) in [6, 6.07) is 5.22. The minimum absolute atomic E-state index is 0.0890. The maximum Gasteiger partial charge on any atom is 0.319 e. The number of likely N-dealkylation sites (N-methyl/N-ethyl adjacent to an activating group) is 1. The third-order valence-electron chi connectivity index (χ3n) is 3.15. The van der Waals surface area contributed by atoms with Gasteiger partial charge in [0.05, 0.1) is 6.54 Å². The highest BCUT2D eigenvalue weighted by atomic mass is 32.2. The van der Waals surface area contributed by atoms with Gasteiger partial charge in [0.2, 0.25) is 5.91 Å². The fraction of sp³-hybridized carbons (Fsp3) is 0.556. The number of rotatable bonds is 7. The molecule has 3 N–H and O–H groups in total. The van der Waals surface area contributed by atoms with E-state index in [0.29, 0.717) is 24.5 Å². The van der Waals surface area contributed by atoms with Crippen LogP contribution in [0.25, 0.3) is 0 Å². The first-order valence-corrected chi connectivity index (χ1v) is 9.29. The molecule has 0 aliphatic carbocycles. The Labute approximate surface area is 155 Å². The van der Waals surface area contributed by atoms with Crippen LogP contribution in [-0.2, 0) is 4.79 Å². The lowest BCUT2D eigenvalue weighted by Gasteiger charge is -2.17. The van der Waals surface area contributed by atoms with Gasteiger partial charge in [0.1, 0.15) is 0 Å². The molecule has 0 radical (unpaired) electrons. The van der Waals surface area contributed by atoms with Crippen LogP contribution in [-0.4, -0.2) is 54.5 Å². The van der Waals surface area contributed by atoms with Gasteiger partial charge in [-0.3, -0.25) is 4.79 Å². The molecule has 1 aromatic rings. The molecule has 1 aromatic carbocycles. The van der Waals surface area contributed by atoms with Crippen LogP contribution < -0.4 is 16.0 Å². The van der Waals surface area contributed by atoms with Gasteiger partial charge in [-0.2, -0.15) is 11.8 Å². The highest BCUT2D eigenvalue weighted by Crippen LogP contribution is 2.22. The Balaban J connectivity index is 2.54. The summed E-state index contributed by atoms with van der Waals surface area (Å²) < 4.78 is 0.189. The first-order chi connectivity index (χ1) is 11.6. The van der Waals surface area contributed by atoms with E-state index >= 15 is 0 Å². The van der Waals surface area contributed by atoms with Crippen LogP contribution in [0.1, 0.15) is 26.3 Å². The van der Waals surface area contributed by atoms with Crippen molar-refractivity contribution < 1.29 is 9.59 Å². The zero-order chi connectivity index (χ0) is 19.0. The SMILES string of the molecule is Cc1ccc(NC(=O)NCCSC(C)(C)C)cc1NC(=O)CN(C)C. The summed E-state index contributed by atoms with van der Waals surface area (Å²) in [5.41, 5.74) is 2.29. The number of nitrogens with one attached hydrogen (secondary N) is 3. The molecule has 0 bridgehead atoms. The molecule has 0 unspecified atom stereocenters. The minimum Gasteiger partial charge on any atom is -0.337 e. The van der Waals surface area contributed by atoms with Gasteiger partial charge in [0, 0.05) is 28.4 Å². The van der Waals surface area contributed by atoms with E-state index in [1.54, 1.807) is 22.7 Å². The van der Waals surface area contributed by atoms with E-state index in [0.717, 1.165) is 11.3 Å². The number of nitrogens with zero attached hydrogens (tertiary/aromatic N) is 1. The van der Waals surface area contributed by atoms with Crippen LogP contribution in [0.5, 0.6) is 0 Å². The summed E-state index contributed by atoms with van der Waals surface area (Å²) in [5, 5.41) is 8.51. The molecule has 0 aliphatic heterocycles. The third kappa shape index (κ3) is 9.36. The highest BCUT2D eigenvalue weighted by Gasteiger charge is 2.11. The number of hydrogen-bond donors (Lipinski definition) is 3. The van der Waals surface area contributed by atoms with Gasteiger partial charge in [-0.05, 0) is 38.7 Å². The monoisotopic (exact) mass is 366 g/mol. The van der Waals surface area contributed by atoms with E-state index < -0.39 is 0 Å². The maximum absolute atomic E-state index is 12.0. The van der Waals surface area contributed by atoms with E-state index in [1.807, 2.05) is 33.2 Å². The van der Waals surface area contributed by atoms with E-state index in [9.17, 15) is 9.59 Å². The standard InChI is InChI=1S/C18H30N4O2S/c1-13-7-8-14(11-15(13)21-16(23)12-22(5)6)20-17(24)19-9-10-25-18(2,3)4/h7-8,11H,9-10,12H2,1-6H3,(H,21,23)(H2,19,20,24). The minimum atomic E-state index is -0.246. The number of urea groups is 1. The molecule has 0 fully saturated rings. The van der Waals surface area contributed by atoms with Crippen LogP contribution >= 0.6 is 11.8 Å². The second-order valence-electron chi connectivity index (χ2n) is 7.16. The largest absolute Gasteiger partial charge is 0.337 e. The quantitative estimate of drug-likeness (QED) is 0.648. The molecule has 0 saturated carbocycles. The Kier molecular flexibility index (Phi) is 8.25. The normalized spacial score (nSPS) is 11.3. The molecule has 0 atom stereocenters. The van der Waals surface area contributed by atoms with Crippen molar-refractivity contribution in [1.82, 2.24) is 10.2 Å². The van der Waals surface area contributed by atoms with Crippen molar-refractivity contribution in [3.8, 4) is 0 Å². The Morgan fingerprint density at radius 3 is 2.44 bits per heavy atom. The molecule has 0 heterocycles. The highest BCUT2D eigenvalue weighted by molar-refractivity contribution is 8.00. The number of aryl methyl sites for hydroxylation is 1. The van der Waals surface area contributed by atoms with Crippen molar-refractivity contribution >= 4 is 35.1 Å². The van der Waals surface area contributed by atoms with E-state index in [-0.39, 0.29) is 16.7 Å². The molecule has 1 rings (SSSR count). The van der Waals surface area contributed by atoms with Crippen molar-refractivity contribution in [2.45, 2.75) is 32.4 Å². The number of amides is 3. The summed E-state index contributed by atoms with van der Waals surface area (Å²) >= 11 is 1.80. The predicted molar refractivity (Wildman–Crippen MR) is 108 cm³/mol. The van der Waals surface area contributed by atoms with Crippen molar-refractivity contribution in [3.63, 3.8) is 0 Å². The Bertz CT molecular complexity index is 597. The number of carbonyl (C=O) groups excluding carboxylic acids is 2. The zero-order valence-electron chi connectivity index (χ0n) is 16.0. The summed E-state index contributed by atoms with van der Waals surface area (Å²) in [5.74, 6) is 0.769. The van der Waals surface area contributed by atoms with Gasteiger partial charge in [0.15, 0.2) is 0 Å². The van der Waals surface area contributed by atoms with Crippen LogP contribution in [0.4, 0.5) is 16.2 Å². The molecule has 0 aromatic heterocycles. The average molecular weight is 367 g/mol. The molecule has 7 heteroatoms. The van der Waals surface area contributed by atoms with Gasteiger partial charge < -0.3 is 20.9 Å². The van der Waals surface area contributed by atoms with E-state index in [2.05, 4.69) is 36.7 Å². The maximum atomic E-state index is 12.0. The van der Waals surface area contributed by atoms with E-state index in [1.165, 1.54) is 0 Å². The van der Waals surface area contributed by atoms with Gasteiger partial charge in [-0.25, -0.2) is 4.79 Å². The Morgan fingerprint density at radius 1 is 1.16 bits per heavy atom. The second kappa shape index (κ2) is 9.68. The lowest BCUT2D eigenvalue weighted by Crippen LogP contribution is -2.31. The molecule has 140 valence electrons. The van der Waals surface area contributed by atoms with Crippen molar-refractivity contribution in [3.05, 3.63) is 23.8 Å². The first kappa shape index (κ1) is 21.3. The number of hydrogen-bond acceptors (Lipinski definition) is 4. The smallest absolute Gasteiger partial charge is 0.319 e. The van der Waals surface area contributed by atoms with Crippen molar-refractivity contribution in [2.24, 2.45) is 0 Å². The third-order valence-corrected chi connectivity index (χ3v) is 4.43. The fourth-order valence-corrected chi connectivity index (χ4v) is 2.82. The van der Waals surface area contributed by atoms with Crippen LogP contribution in [0.2, 0.25) is 0 Å². The van der Waals surface area contributed by atoms with Gasteiger partial charge in [0.25, 0.3) is 0 Å². The second-order valence-corrected chi connectivity index (χ2v) is 9.08. The topological polar surface area (TPSA) is 73.5 Å². The van der Waals surface area contributed by atoms with Gasteiger partial charge in [-0.1, -0.05) is 26.8 Å². The van der Waals surface area contributed by atoms with Crippen molar-refractivity contribution in [2.75, 3.05) is 43.6 Å². The number of benzene rings is 1. The molecular weight excluding hydrogens is 336 g/mol. The van der Waals surface area contributed by atoms with Crippen molar-refractivity contribution in [1.29, 1.82) is 0 Å². The van der Waals surface area contributed by atoms with E-state index in [4.69, 9.17) is 0 Å². The number of carbonyl (C=O) groups is 2. The summed E-state index contributed by atoms with van der Waals surface area (Å²) in [4.78, 5) is 25.7. The van der Waals surface area contributed by atoms with Crippen LogP contribution in [0.15, 0.2) is 18.2 Å². The molecule has 3 amide bonds. The molecule has 0 aliphatic rings. The zero-order valence-corrected chi connectivity index (χ0v) is 16.8. The van der Waals surface area contributed by atoms with Crippen LogP contribution in [0, 0.1) is 6.92 Å². The summed E-state index contributed by atoms with van der Waals surface area (Å²) in [6.07, 6.45) is 0. The van der Waals surface area contributed by atoms with Gasteiger partial charge in [-0.15, -0.1) is 0 Å². The first-order valence-electron chi connectivity index (χ1n) is 8.31. The lowest BCUT2D eigenvalue weighted by atomic mass is 10.1. The number of anilines is 2. The predicted octanol–water partition coefficient (Wildman–Crippen LogP) is 3.15. The van der Waals surface area contributed by atoms with Gasteiger partial charge >= 0.3 is 6.03 Å². The molecule has 25 heavy (non-hydrogen) atoms. The summed E-state index contributed by atoms with van der Waals surface area (Å²) in [7, 11) is 3.68. The Morgan fingerprint density at radius 2 is 1.84 bits per heavy atom. The fourth-order valence-electron chi connectivity index (χ4n) is 2.01. The lowest BCUT2D eigenvalue weighted by molar-refractivity contribution is -0.116. The van der Waals surface area contributed by atoms with Crippen LogP contribution in [0.3, 0.4) is 0 Å². The number of thioether (sulfide) groups is 1. The molecule has 0 spiro atoms. The molecule has 0 saturated heterocycles. The Hall–Kier alpha value is -1.73. The molecule has 6 nitrogen and oxygen atoms in total. The summed E-state index contributed by atoms with van der Waals surface area (Å²) in [6.45, 7) is 9.27.